The SMILES string of the molecule is O=C(O)COCCNC(=O)Cc1ccccc1OC(F)F. The van der Waals surface area contributed by atoms with E-state index >= 15 is 0 Å². The number of aliphatic carboxylic acids is 1. The molecule has 1 aromatic carbocycles. The van der Waals surface area contributed by atoms with Crippen LogP contribution in [0.15, 0.2) is 24.3 Å². The maximum Gasteiger partial charge on any atom is 0.387 e. The second-order valence-corrected chi connectivity index (χ2v) is 3.96. The molecular formula is C13H15F2NO5. The van der Waals surface area contributed by atoms with Gasteiger partial charge in [0.2, 0.25) is 5.91 Å². The fourth-order valence-corrected chi connectivity index (χ4v) is 1.52. The summed E-state index contributed by atoms with van der Waals surface area (Å²) < 4.78 is 33.5. The van der Waals surface area contributed by atoms with E-state index in [0.29, 0.717) is 5.56 Å². The zero-order valence-electron chi connectivity index (χ0n) is 11.1. The predicted molar refractivity (Wildman–Crippen MR) is 68.2 cm³/mol. The lowest BCUT2D eigenvalue weighted by Crippen LogP contribution is -2.29. The van der Waals surface area contributed by atoms with Crippen molar-refractivity contribution in [1.82, 2.24) is 5.32 Å². The Balaban J connectivity index is 2.39. The topological polar surface area (TPSA) is 84.9 Å². The van der Waals surface area contributed by atoms with E-state index in [2.05, 4.69) is 10.1 Å². The van der Waals surface area contributed by atoms with Crippen molar-refractivity contribution in [2.45, 2.75) is 13.0 Å². The summed E-state index contributed by atoms with van der Waals surface area (Å²) in [4.78, 5) is 21.8. The van der Waals surface area contributed by atoms with Crippen LogP contribution in [0, 0.1) is 0 Å². The smallest absolute Gasteiger partial charge is 0.387 e. The minimum absolute atomic E-state index is 0.0488. The van der Waals surface area contributed by atoms with Crippen molar-refractivity contribution in [3.8, 4) is 5.75 Å². The molecule has 0 bridgehead atoms. The Morgan fingerprint density at radius 3 is 2.67 bits per heavy atom. The molecule has 0 aliphatic rings. The van der Waals surface area contributed by atoms with Crippen LogP contribution in [0.5, 0.6) is 5.75 Å². The molecule has 0 heterocycles. The molecule has 0 saturated heterocycles. The van der Waals surface area contributed by atoms with Crippen molar-refractivity contribution in [3.63, 3.8) is 0 Å². The number of carboxylic acid groups (broad SMARTS) is 1. The van der Waals surface area contributed by atoms with E-state index in [1.807, 2.05) is 0 Å². The van der Waals surface area contributed by atoms with Gasteiger partial charge >= 0.3 is 12.6 Å². The summed E-state index contributed by atoms with van der Waals surface area (Å²) in [6, 6.07) is 6.00. The van der Waals surface area contributed by atoms with E-state index in [1.165, 1.54) is 18.2 Å². The lowest BCUT2D eigenvalue weighted by Gasteiger charge is -2.10. The lowest BCUT2D eigenvalue weighted by atomic mass is 10.1. The highest BCUT2D eigenvalue weighted by molar-refractivity contribution is 5.79. The average molecular weight is 303 g/mol. The third-order valence-electron chi connectivity index (χ3n) is 2.33. The molecule has 0 radical (unpaired) electrons. The van der Waals surface area contributed by atoms with Crippen LogP contribution in [0.2, 0.25) is 0 Å². The first kappa shape index (κ1) is 16.8. The number of ether oxygens (including phenoxy) is 2. The van der Waals surface area contributed by atoms with Crippen molar-refractivity contribution in [3.05, 3.63) is 29.8 Å². The van der Waals surface area contributed by atoms with Crippen LogP contribution >= 0.6 is 0 Å². The molecule has 1 amide bonds. The molecule has 0 atom stereocenters. The number of nitrogens with one attached hydrogen (secondary N) is 1. The molecule has 0 spiro atoms. The number of halogens is 2. The van der Waals surface area contributed by atoms with E-state index in [4.69, 9.17) is 9.84 Å². The third-order valence-corrected chi connectivity index (χ3v) is 2.33. The molecule has 21 heavy (non-hydrogen) atoms. The number of para-hydroxylation sites is 1. The molecule has 0 aliphatic carbocycles. The van der Waals surface area contributed by atoms with Crippen molar-refractivity contribution in [2.24, 2.45) is 0 Å². The van der Waals surface area contributed by atoms with Crippen LogP contribution in [-0.2, 0) is 20.7 Å². The highest BCUT2D eigenvalue weighted by Gasteiger charge is 2.12. The van der Waals surface area contributed by atoms with Crippen molar-refractivity contribution in [2.75, 3.05) is 19.8 Å². The molecule has 0 saturated carbocycles. The number of carbonyl (C=O) groups is 2. The van der Waals surface area contributed by atoms with Gasteiger partial charge in [0.25, 0.3) is 0 Å². The first-order valence-corrected chi connectivity index (χ1v) is 6.08. The van der Waals surface area contributed by atoms with Gasteiger partial charge in [-0.1, -0.05) is 18.2 Å². The van der Waals surface area contributed by atoms with E-state index in [-0.39, 0.29) is 25.3 Å². The quantitative estimate of drug-likeness (QED) is 0.666. The summed E-state index contributed by atoms with van der Waals surface area (Å²) >= 11 is 0. The predicted octanol–water partition coefficient (Wildman–Crippen LogP) is 1.05. The Kier molecular flexibility index (Phi) is 7.10. The minimum atomic E-state index is -2.96. The summed E-state index contributed by atoms with van der Waals surface area (Å²) in [6.45, 7) is -3.23. The maximum atomic E-state index is 12.2. The average Bonchev–Trinajstić information content (AvgIpc) is 2.39. The normalized spacial score (nSPS) is 10.4. The zero-order valence-corrected chi connectivity index (χ0v) is 11.1. The van der Waals surface area contributed by atoms with E-state index in [1.54, 1.807) is 6.07 Å². The molecule has 0 aliphatic heterocycles. The van der Waals surface area contributed by atoms with E-state index in [0.717, 1.165) is 0 Å². The number of rotatable bonds is 9. The standard InChI is InChI=1S/C13H15F2NO5/c14-13(15)21-10-4-2-1-3-9(10)7-11(17)16-5-6-20-8-12(18)19/h1-4,13H,5-8H2,(H,16,17)(H,18,19). The van der Waals surface area contributed by atoms with Gasteiger partial charge in [0.15, 0.2) is 0 Å². The van der Waals surface area contributed by atoms with Gasteiger partial charge in [-0.2, -0.15) is 8.78 Å². The van der Waals surface area contributed by atoms with E-state index < -0.39 is 25.1 Å². The van der Waals surface area contributed by atoms with Gasteiger partial charge in [-0.15, -0.1) is 0 Å². The minimum Gasteiger partial charge on any atom is -0.480 e. The zero-order chi connectivity index (χ0) is 15.7. The van der Waals surface area contributed by atoms with Crippen LogP contribution in [-0.4, -0.2) is 43.4 Å². The Hall–Kier alpha value is -2.22. The van der Waals surface area contributed by atoms with Gasteiger partial charge in [-0.25, -0.2) is 4.79 Å². The lowest BCUT2D eigenvalue weighted by molar-refractivity contribution is -0.142. The van der Waals surface area contributed by atoms with Crippen molar-refractivity contribution in [1.29, 1.82) is 0 Å². The van der Waals surface area contributed by atoms with Gasteiger partial charge in [0.05, 0.1) is 13.0 Å². The number of hydrogen-bond acceptors (Lipinski definition) is 4. The Morgan fingerprint density at radius 1 is 1.29 bits per heavy atom. The van der Waals surface area contributed by atoms with Gasteiger partial charge in [0.1, 0.15) is 12.4 Å². The Bertz CT molecular complexity index is 481. The molecule has 8 heteroatoms. The van der Waals surface area contributed by atoms with Crippen LogP contribution in [0.3, 0.4) is 0 Å². The monoisotopic (exact) mass is 303 g/mol. The molecule has 1 rings (SSSR count). The molecular weight excluding hydrogens is 288 g/mol. The van der Waals surface area contributed by atoms with Crippen LogP contribution in [0.4, 0.5) is 8.78 Å². The first-order chi connectivity index (χ1) is 9.99. The van der Waals surface area contributed by atoms with Gasteiger partial charge in [-0.05, 0) is 6.07 Å². The van der Waals surface area contributed by atoms with Crippen molar-refractivity contribution < 1.29 is 33.0 Å². The third kappa shape index (κ3) is 7.21. The van der Waals surface area contributed by atoms with Gasteiger partial charge in [0, 0.05) is 12.1 Å². The van der Waals surface area contributed by atoms with Gasteiger partial charge in [-0.3, -0.25) is 4.79 Å². The number of alkyl halides is 2. The number of hydrogen-bond donors (Lipinski definition) is 2. The maximum absolute atomic E-state index is 12.2. The van der Waals surface area contributed by atoms with Crippen molar-refractivity contribution >= 4 is 11.9 Å². The van der Waals surface area contributed by atoms with Gasteiger partial charge < -0.3 is 19.9 Å². The molecule has 0 aromatic heterocycles. The van der Waals surface area contributed by atoms with Crippen LogP contribution in [0.25, 0.3) is 0 Å². The van der Waals surface area contributed by atoms with Crippen LogP contribution < -0.4 is 10.1 Å². The molecule has 0 fully saturated rings. The Labute approximate surface area is 119 Å². The number of benzene rings is 1. The van der Waals surface area contributed by atoms with E-state index in [9.17, 15) is 18.4 Å². The number of carbonyl (C=O) groups excluding carboxylic acids is 1. The number of carboxylic acids is 1. The molecule has 2 N–H and O–H groups in total. The summed E-state index contributed by atoms with van der Waals surface area (Å²) in [5.41, 5.74) is 0.335. The molecule has 116 valence electrons. The fraction of sp³-hybridized carbons (Fsp3) is 0.385. The van der Waals surface area contributed by atoms with Crippen LogP contribution in [0.1, 0.15) is 5.56 Å². The Morgan fingerprint density at radius 2 is 2.00 bits per heavy atom. The first-order valence-electron chi connectivity index (χ1n) is 6.08. The summed E-state index contributed by atoms with van der Waals surface area (Å²) in [6.07, 6.45) is -0.123. The molecule has 6 nitrogen and oxygen atoms in total. The summed E-state index contributed by atoms with van der Waals surface area (Å²) in [5.74, 6) is -1.55. The largest absolute Gasteiger partial charge is 0.480 e. The second-order valence-electron chi connectivity index (χ2n) is 3.96. The number of amides is 1. The summed E-state index contributed by atoms with van der Waals surface area (Å²) in [5, 5.41) is 10.8. The highest BCUT2D eigenvalue weighted by Crippen LogP contribution is 2.20. The fourth-order valence-electron chi connectivity index (χ4n) is 1.52. The second kappa shape index (κ2) is 8.85. The molecule has 1 aromatic rings. The summed E-state index contributed by atoms with van der Waals surface area (Å²) in [7, 11) is 0. The highest BCUT2D eigenvalue weighted by atomic mass is 19.3. The molecule has 0 unspecified atom stereocenters.